The molecule has 2 aromatic carbocycles. The summed E-state index contributed by atoms with van der Waals surface area (Å²) < 4.78 is 0. The molecule has 0 aliphatic heterocycles. The molecule has 19 heteroatoms. The topological polar surface area (TPSA) is 230 Å². The molecule has 0 amide bonds. The summed E-state index contributed by atoms with van der Waals surface area (Å²) in [4.78, 5) is 68.7. The first kappa shape index (κ1) is 50.2. The van der Waals surface area contributed by atoms with Crippen LogP contribution in [0, 0.1) is 35.6 Å². The number of carboxylic acid groups (broad SMARTS) is 4. The number of hydrogen-bond acceptors (Lipinski definition) is 10. The third-order valence-corrected chi connectivity index (χ3v) is 5.21. The maximum atomic E-state index is 12.2. The molecule has 0 heterocycles. The van der Waals surface area contributed by atoms with Crippen LogP contribution in [0.25, 0.3) is 0 Å². The van der Waals surface area contributed by atoms with Gasteiger partial charge in [0.1, 0.15) is 0 Å². The van der Waals surface area contributed by atoms with Gasteiger partial charge in [-0.05, 0) is 12.1 Å². The Morgan fingerprint density at radius 2 is 0.930 bits per heavy atom. The quantitative estimate of drug-likeness (QED) is 0.0787. The number of carboxylic acids is 4. The largest absolute Gasteiger partial charge is 1.00 e. The minimum Gasteiger partial charge on any atom is -1.00 e. The number of carbonyl (C=O) groups is 6. The fourth-order valence-corrected chi connectivity index (χ4v) is 3.63. The molecule has 6 N–H and O–H groups in total. The maximum Gasteiger partial charge on any atom is 1.00 e. The van der Waals surface area contributed by atoms with E-state index in [0.717, 1.165) is 9.80 Å². The Kier molecular flexibility index (Phi) is 28.7. The summed E-state index contributed by atoms with van der Waals surface area (Å²) in [6, 6.07) is 8.97. The van der Waals surface area contributed by atoms with Crippen LogP contribution in [0.2, 0.25) is 0 Å². The van der Waals surface area contributed by atoms with Gasteiger partial charge in [-0.2, -0.15) is 0 Å². The molecule has 1 aliphatic rings. The van der Waals surface area contributed by atoms with Crippen molar-refractivity contribution in [2.75, 3.05) is 39.3 Å². The molecule has 0 saturated carbocycles. The van der Waals surface area contributed by atoms with Gasteiger partial charge in [-0.1, -0.05) is 24.3 Å². The van der Waals surface area contributed by atoms with Gasteiger partial charge in [0.25, 0.3) is 0 Å². The van der Waals surface area contributed by atoms with Crippen molar-refractivity contribution in [3.05, 3.63) is 58.7 Å². The summed E-state index contributed by atoms with van der Waals surface area (Å²) >= 11 is 0. The number of ketones is 2. The summed E-state index contributed by atoms with van der Waals surface area (Å²) in [5.41, 5.74) is 0.559. The van der Waals surface area contributed by atoms with Crippen LogP contribution < -0.4 is 118 Å². The number of aromatic hydroxyl groups is 2. The van der Waals surface area contributed by atoms with E-state index in [1.54, 1.807) is 18.2 Å². The van der Waals surface area contributed by atoms with E-state index < -0.39 is 67.3 Å². The van der Waals surface area contributed by atoms with Gasteiger partial charge in [-0.15, -0.1) is 0 Å². The molecule has 43 heavy (non-hydrogen) atoms. The Hall–Kier alpha value is 0.375. The molecule has 0 atom stereocenters. The smallest absolute Gasteiger partial charge is 1.00 e. The normalized spacial score (nSPS) is 10.5. The Labute approximate surface area is 368 Å². The zero-order chi connectivity index (χ0) is 28.6. The minimum absolute atomic E-state index is 0. The molecule has 0 spiro atoms. The average Bonchev–Trinajstić information content (AvgIpc) is 2.81. The molecule has 2 aromatic rings. The van der Waals surface area contributed by atoms with E-state index in [-0.39, 0.29) is 195 Å². The van der Waals surface area contributed by atoms with Gasteiger partial charge < -0.3 is 36.3 Å². The molecule has 0 aromatic heterocycles. The maximum absolute atomic E-state index is 12.2. The van der Waals surface area contributed by atoms with Gasteiger partial charge in [-0.25, -0.2) is 0 Å². The Balaban J connectivity index is -0.0000000906. The molecule has 3 rings (SSSR count). The summed E-state index contributed by atoms with van der Waals surface area (Å²) in [6.45, 7) is -2.25. The van der Waals surface area contributed by atoms with Gasteiger partial charge in [0.15, 0.2) is 23.1 Å². The number of nitrogens with zero attached hydrogens (tertiary/aromatic N) is 2. The van der Waals surface area contributed by atoms with Gasteiger partial charge in [0.05, 0.1) is 31.7 Å². The standard InChI is InChI=1S/C14H8O4.C10H16N2O8.La.4Na.4H/c15-10-6-5-9-11(14(10)18)13(17)8-4-2-1-3-7(8)12(9)16;13-7(14)3-11(4-8(15)16)1-2-12(5-9(17)18)6-10(19)20;;;;;;;;;/h1-6,15,18H;1-6H2,(H,13,14)(H,15,16)(H,17,18)(H,19,20);;;;;;;;;/q;;;4*+1;4*-1. The fourth-order valence-electron chi connectivity index (χ4n) is 3.63. The number of benzene rings is 2. The van der Waals surface area contributed by atoms with E-state index in [9.17, 15) is 39.0 Å². The van der Waals surface area contributed by atoms with Crippen molar-refractivity contribution in [1.82, 2.24) is 9.80 Å². The summed E-state index contributed by atoms with van der Waals surface area (Å²) in [6.07, 6.45) is 0. The van der Waals surface area contributed by atoms with Crippen LogP contribution in [0.1, 0.15) is 37.5 Å². The van der Waals surface area contributed by atoms with Gasteiger partial charge >= 0.3 is 142 Å². The molecular weight excluding hydrogens is 739 g/mol. The molecule has 14 nitrogen and oxygen atoms in total. The van der Waals surface area contributed by atoms with E-state index in [0.29, 0.717) is 5.56 Å². The summed E-state index contributed by atoms with van der Waals surface area (Å²) in [5.74, 6) is -6.63. The minimum atomic E-state index is -1.23. The zero-order valence-electron chi connectivity index (χ0n) is 28.3. The molecule has 1 aliphatic carbocycles. The number of phenolic OH excluding ortho intramolecular Hbond substituents is 2. The molecule has 0 unspecified atom stereocenters. The van der Waals surface area contributed by atoms with Gasteiger partial charge in [0.2, 0.25) is 0 Å². The zero-order valence-corrected chi connectivity index (χ0v) is 35.9. The number of fused-ring (bicyclic) bond motifs is 2. The van der Waals surface area contributed by atoms with Crippen molar-refractivity contribution in [3.63, 3.8) is 0 Å². The van der Waals surface area contributed by atoms with Crippen molar-refractivity contribution in [1.29, 1.82) is 0 Å². The number of carbonyl (C=O) groups excluding carboxylic acids is 2. The van der Waals surface area contributed by atoms with Crippen LogP contribution >= 0.6 is 0 Å². The number of rotatable bonds is 11. The molecule has 213 valence electrons. The SMILES string of the molecule is O=C(O)CN(CCN(CC(=O)O)CC(=O)O)CC(=O)O.O=C1c2ccccc2C(=O)c2c1ccc(O)c2O.[H-].[H-].[H-].[H-].[La].[Na+].[Na+].[Na+].[Na+]. The molecule has 1 radical (unpaired) electrons. The molecule has 0 bridgehead atoms. The van der Waals surface area contributed by atoms with Gasteiger partial charge in [0, 0.05) is 65.4 Å². The van der Waals surface area contributed by atoms with Crippen molar-refractivity contribution in [3.8, 4) is 11.5 Å². The van der Waals surface area contributed by atoms with E-state index >= 15 is 0 Å². The summed E-state index contributed by atoms with van der Waals surface area (Å²) in [7, 11) is 0. The first-order valence-electron chi connectivity index (χ1n) is 10.9. The second-order valence-electron chi connectivity index (χ2n) is 8.06. The van der Waals surface area contributed by atoms with Crippen molar-refractivity contribution < 1.29 is 219 Å². The van der Waals surface area contributed by atoms with Crippen LogP contribution in [0.5, 0.6) is 11.5 Å². The fraction of sp³-hybridized carbons (Fsp3) is 0.250. The Morgan fingerprint density at radius 3 is 1.28 bits per heavy atom. The van der Waals surface area contributed by atoms with Crippen molar-refractivity contribution >= 4 is 35.4 Å². The average molecular weight is 767 g/mol. The van der Waals surface area contributed by atoms with E-state index in [4.69, 9.17) is 20.4 Å². The van der Waals surface area contributed by atoms with Gasteiger partial charge in [-0.3, -0.25) is 38.6 Å². The molecule has 0 fully saturated rings. The number of aliphatic carboxylic acids is 4. The van der Waals surface area contributed by atoms with Crippen LogP contribution in [-0.2, 0) is 19.2 Å². The third-order valence-electron chi connectivity index (χ3n) is 5.21. The van der Waals surface area contributed by atoms with E-state index in [2.05, 4.69) is 0 Å². The first-order chi connectivity index (χ1) is 17.8. The summed E-state index contributed by atoms with van der Waals surface area (Å²) in [5, 5.41) is 53.6. The second-order valence-corrected chi connectivity index (χ2v) is 8.06. The van der Waals surface area contributed by atoms with Crippen LogP contribution in [0.3, 0.4) is 0 Å². The third kappa shape index (κ3) is 16.2. The number of phenols is 2. The Bertz CT molecular complexity index is 1250. The molecule has 0 saturated heterocycles. The van der Waals surface area contributed by atoms with E-state index in [1.807, 2.05) is 0 Å². The first-order valence-corrected chi connectivity index (χ1v) is 10.9. The Morgan fingerprint density at radius 1 is 0.581 bits per heavy atom. The van der Waals surface area contributed by atoms with Crippen molar-refractivity contribution in [2.24, 2.45) is 0 Å². The second kappa shape index (κ2) is 24.5. The van der Waals surface area contributed by atoms with Crippen LogP contribution in [0.4, 0.5) is 0 Å². The number of hydrogen-bond donors (Lipinski definition) is 6. The van der Waals surface area contributed by atoms with Crippen LogP contribution in [-0.4, -0.2) is 115 Å². The predicted molar refractivity (Wildman–Crippen MR) is 131 cm³/mol. The molecular formula is C24H28LaN2Na4O12. The van der Waals surface area contributed by atoms with E-state index in [1.165, 1.54) is 18.2 Å². The van der Waals surface area contributed by atoms with Crippen LogP contribution in [0.15, 0.2) is 36.4 Å². The van der Waals surface area contributed by atoms with Crippen molar-refractivity contribution in [2.45, 2.75) is 0 Å². The monoisotopic (exact) mass is 767 g/mol. The predicted octanol–water partition coefficient (Wildman–Crippen LogP) is -11.7.